The van der Waals surface area contributed by atoms with Gasteiger partial charge in [-0.25, -0.2) is 0 Å². The number of hydrogen-bond donors (Lipinski definition) is 2. The lowest BCUT2D eigenvalue weighted by molar-refractivity contribution is -0.115. The number of benzene rings is 2. The summed E-state index contributed by atoms with van der Waals surface area (Å²) in [7, 11) is 0. The first-order valence-electron chi connectivity index (χ1n) is 9.20. The molecule has 0 unspecified atom stereocenters. The number of nitrogens with one attached hydrogen (secondary N) is 2. The highest BCUT2D eigenvalue weighted by atomic mass is 35.5. The molecule has 148 valence electrons. The van der Waals surface area contributed by atoms with E-state index in [4.69, 9.17) is 28.2 Å². The Morgan fingerprint density at radius 3 is 2.62 bits per heavy atom. The van der Waals surface area contributed by atoms with Crippen LogP contribution in [0.4, 0.5) is 5.69 Å². The first kappa shape index (κ1) is 20.8. The summed E-state index contributed by atoms with van der Waals surface area (Å²) in [4.78, 5) is 12.2. The smallest absolute Gasteiger partial charge is 0.250 e. The van der Waals surface area contributed by atoms with Crippen LogP contribution in [0.25, 0.3) is 17.4 Å². The van der Waals surface area contributed by atoms with Crippen LogP contribution in [0.2, 0.25) is 5.02 Å². The van der Waals surface area contributed by atoms with Crippen LogP contribution < -0.4 is 10.6 Å². The molecule has 0 fully saturated rings. The Hall–Kier alpha value is -2.89. The van der Waals surface area contributed by atoms with Crippen LogP contribution in [-0.2, 0) is 11.2 Å². The van der Waals surface area contributed by atoms with Crippen molar-refractivity contribution in [3.63, 3.8) is 0 Å². The van der Waals surface area contributed by atoms with Crippen molar-refractivity contribution in [2.24, 2.45) is 0 Å². The molecule has 0 radical (unpaired) electrons. The van der Waals surface area contributed by atoms with Crippen molar-refractivity contribution in [1.82, 2.24) is 5.32 Å². The van der Waals surface area contributed by atoms with E-state index in [-0.39, 0.29) is 11.0 Å². The van der Waals surface area contributed by atoms with Crippen molar-refractivity contribution in [1.29, 1.82) is 0 Å². The van der Waals surface area contributed by atoms with Gasteiger partial charge in [-0.3, -0.25) is 10.1 Å². The summed E-state index contributed by atoms with van der Waals surface area (Å²) in [5.41, 5.74) is 4.06. The van der Waals surface area contributed by atoms with Crippen molar-refractivity contribution in [3.05, 3.63) is 82.6 Å². The van der Waals surface area contributed by atoms with Gasteiger partial charge in [0.15, 0.2) is 5.11 Å². The molecule has 2 aromatic carbocycles. The van der Waals surface area contributed by atoms with E-state index in [1.807, 2.05) is 43.3 Å². The molecule has 1 amide bonds. The molecule has 3 rings (SSSR count). The molecule has 2 N–H and O–H groups in total. The Labute approximate surface area is 180 Å². The van der Waals surface area contributed by atoms with E-state index >= 15 is 0 Å². The van der Waals surface area contributed by atoms with Crippen LogP contribution in [0.3, 0.4) is 0 Å². The highest BCUT2D eigenvalue weighted by molar-refractivity contribution is 7.80. The molecule has 0 spiro atoms. The predicted octanol–water partition coefficient (Wildman–Crippen LogP) is 6.00. The maximum absolute atomic E-state index is 12.2. The van der Waals surface area contributed by atoms with Crippen molar-refractivity contribution < 1.29 is 9.21 Å². The molecule has 3 aromatic rings. The van der Waals surface area contributed by atoms with Gasteiger partial charge in [0.25, 0.3) is 0 Å². The molecular formula is C23H21ClN2O2S. The number of aryl methyl sites for hydroxylation is 2. The Bertz CT molecular complexity index is 1050. The van der Waals surface area contributed by atoms with Crippen molar-refractivity contribution in [2.45, 2.75) is 20.3 Å². The van der Waals surface area contributed by atoms with Gasteiger partial charge in [-0.2, -0.15) is 0 Å². The minimum atomic E-state index is -0.335. The first-order chi connectivity index (χ1) is 14.0. The molecule has 0 saturated carbocycles. The zero-order chi connectivity index (χ0) is 20.8. The average molecular weight is 425 g/mol. The molecule has 1 heterocycles. The van der Waals surface area contributed by atoms with E-state index in [0.29, 0.717) is 16.5 Å². The molecule has 1 aromatic heterocycles. The number of furan rings is 1. The summed E-state index contributed by atoms with van der Waals surface area (Å²) in [5, 5.41) is 6.70. The van der Waals surface area contributed by atoms with Crippen LogP contribution in [-0.4, -0.2) is 11.0 Å². The number of thiocarbonyl (C=S) groups is 1. The van der Waals surface area contributed by atoms with E-state index < -0.39 is 0 Å². The third-order valence-corrected chi connectivity index (χ3v) is 4.83. The van der Waals surface area contributed by atoms with Gasteiger partial charge in [-0.05, 0) is 79.2 Å². The average Bonchev–Trinajstić information content (AvgIpc) is 3.17. The van der Waals surface area contributed by atoms with Gasteiger partial charge >= 0.3 is 0 Å². The molecular weight excluding hydrogens is 404 g/mol. The van der Waals surface area contributed by atoms with Crippen molar-refractivity contribution in [2.75, 3.05) is 5.32 Å². The molecule has 0 aliphatic rings. The zero-order valence-corrected chi connectivity index (χ0v) is 17.7. The number of carbonyl (C=O) groups is 1. The number of anilines is 1. The fraction of sp³-hybridized carbons (Fsp3) is 0.130. The van der Waals surface area contributed by atoms with Gasteiger partial charge in [0.05, 0.1) is 0 Å². The summed E-state index contributed by atoms with van der Waals surface area (Å²) >= 11 is 11.2. The van der Waals surface area contributed by atoms with Gasteiger partial charge in [0.2, 0.25) is 5.91 Å². The normalized spacial score (nSPS) is 10.9. The highest BCUT2D eigenvalue weighted by Gasteiger charge is 2.08. The molecule has 0 atom stereocenters. The molecule has 0 bridgehead atoms. The second-order valence-corrected chi connectivity index (χ2v) is 7.29. The maximum atomic E-state index is 12.2. The number of hydrogen-bond acceptors (Lipinski definition) is 3. The van der Waals surface area contributed by atoms with Gasteiger partial charge < -0.3 is 9.73 Å². The predicted molar refractivity (Wildman–Crippen MR) is 123 cm³/mol. The van der Waals surface area contributed by atoms with E-state index in [9.17, 15) is 4.79 Å². The minimum absolute atomic E-state index is 0.255. The summed E-state index contributed by atoms with van der Waals surface area (Å²) in [5.74, 6) is 0.931. The third kappa shape index (κ3) is 5.56. The van der Waals surface area contributed by atoms with Crippen LogP contribution in [0.15, 0.2) is 65.1 Å². The SMILES string of the molecule is CCc1cccc(C)c1NC(=S)NC(=O)C=Cc1ccc(-c2ccc(Cl)cc2)o1. The molecule has 0 saturated heterocycles. The standard InChI is InChI=1S/C23H21ClN2O2S/c1-3-16-6-4-5-15(2)22(16)26-23(29)25-21(27)14-12-19-11-13-20(28-19)17-7-9-18(24)10-8-17/h4-14H,3H2,1-2H3,(H2,25,26,27,29). The number of para-hydroxylation sites is 1. The molecule has 0 aliphatic carbocycles. The quantitative estimate of drug-likeness (QED) is 0.389. The summed E-state index contributed by atoms with van der Waals surface area (Å²) in [6.07, 6.45) is 3.86. The van der Waals surface area contributed by atoms with E-state index in [2.05, 4.69) is 17.6 Å². The summed E-state index contributed by atoms with van der Waals surface area (Å²) in [6.45, 7) is 4.08. The Kier molecular flexibility index (Phi) is 6.86. The number of amides is 1. The van der Waals surface area contributed by atoms with Crippen molar-refractivity contribution >= 4 is 46.6 Å². The monoisotopic (exact) mass is 424 g/mol. The van der Waals surface area contributed by atoms with Crippen LogP contribution in [0.1, 0.15) is 23.8 Å². The highest BCUT2D eigenvalue weighted by Crippen LogP contribution is 2.24. The van der Waals surface area contributed by atoms with Gasteiger partial charge in [-0.15, -0.1) is 0 Å². The van der Waals surface area contributed by atoms with Gasteiger partial charge in [-0.1, -0.05) is 36.7 Å². The molecule has 0 aliphatic heterocycles. The third-order valence-electron chi connectivity index (χ3n) is 4.37. The number of carbonyl (C=O) groups excluding carboxylic acids is 1. The Balaban J connectivity index is 1.60. The van der Waals surface area contributed by atoms with Crippen LogP contribution in [0.5, 0.6) is 0 Å². The van der Waals surface area contributed by atoms with E-state index in [1.165, 1.54) is 6.08 Å². The number of rotatable bonds is 5. The summed E-state index contributed by atoms with van der Waals surface area (Å²) in [6, 6.07) is 17.0. The van der Waals surface area contributed by atoms with Crippen LogP contribution >= 0.6 is 23.8 Å². The van der Waals surface area contributed by atoms with Crippen LogP contribution in [0, 0.1) is 6.92 Å². The Morgan fingerprint density at radius 1 is 1.14 bits per heavy atom. The fourth-order valence-electron chi connectivity index (χ4n) is 2.87. The molecule has 6 heteroatoms. The van der Waals surface area contributed by atoms with Gasteiger partial charge in [0.1, 0.15) is 11.5 Å². The topological polar surface area (TPSA) is 54.3 Å². The maximum Gasteiger partial charge on any atom is 0.250 e. The first-order valence-corrected chi connectivity index (χ1v) is 9.99. The van der Waals surface area contributed by atoms with E-state index in [0.717, 1.165) is 28.8 Å². The lowest BCUT2D eigenvalue weighted by Gasteiger charge is -2.14. The molecule has 4 nitrogen and oxygen atoms in total. The largest absolute Gasteiger partial charge is 0.457 e. The zero-order valence-electron chi connectivity index (χ0n) is 16.2. The van der Waals surface area contributed by atoms with Crippen molar-refractivity contribution in [3.8, 4) is 11.3 Å². The second kappa shape index (κ2) is 9.54. The molecule has 29 heavy (non-hydrogen) atoms. The van der Waals surface area contributed by atoms with Gasteiger partial charge in [0, 0.05) is 22.3 Å². The van der Waals surface area contributed by atoms with E-state index in [1.54, 1.807) is 24.3 Å². The lowest BCUT2D eigenvalue weighted by Crippen LogP contribution is -2.33. The summed E-state index contributed by atoms with van der Waals surface area (Å²) < 4.78 is 5.75. The Morgan fingerprint density at radius 2 is 1.90 bits per heavy atom. The minimum Gasteiger partial charge on any atom is -0.457 e. The fourth-order valence-corrected chi connectivity index (χ4v) is 3.20. The second-order valence-electron chi connectivity index (χ2n) is 6.45. The lowest BCUT2D eigenvalue weighted by atomic mass is 10.1. The number of halogens is 1.